The predicted molar refractivity (Wildman–Crippen MR) is 119 cm³/mol. The smallest absolute Gasteiger partial charge is 0.321 e. The Bertz CT molecular complexity index is 1080. The zero-order valence-electron chi connectivity index (χ0n) is 18.1. The molecule has 0 bridgehead atoms. The number of amides is 3. The van der Waals surface area contributed by atoms with Crippen LogP contribution in [-0.4, -0.2) is 51.2 Å². The van der Waals surface area contributed by atoms with Crippen LogP contribution >= 0.6 is 0 Å². The number of nitrogens with one attached hydrogen (secondary N) is 1. The zero-order chi connectivity index (χ0) is 23.4. The van der Waals surface area contributed by atoms with Gasteiger partial charge in [-0.15, -0.1) is 6.42 Å². The summed E-state index contributed by atoms with van der Waals surface area (Å²) in [5.74, 6) is 1.92. The first kappa shape index (κ1) is 22.3. The monoisotopic (exact) mass is 447 g/mol. The average molecular weight is 447 g/mol. The first-order valence-corrected chi connectivity index (χ1v) is 10.8. The fraction of sp³-hybridized carbons (Fsp3) is 0.375. The van der Waals surface area contributed by atoms with E-state index in [1.165, 1.54) is 0 Å². The van der Waals surface area contributed by atoms with Crippen molar-refractivity contribution in [2.24, 2.45) is 5.73 Å². The molecular formula is C24H25N5O4. The molecule has 0 radical (unpaired) electrons. The standard InChI is InChI=1S/C24H25N5O4/c1-2-17(15-20(25)30)28-21(31)19-5-3-14-29(19)22(32)24(10-11-24)16-6-8-18(9-7-16)33-23-26-12-4-13-27-23/h1,4,6-9,12-13,17,19H,3,5,10-11,14-15H2,(H2,25,30)(H,28,31)/t17-,19+/m1/s1. The fourth-order valence-electron chi connectivity index (χ4n) is 4.21. The molecule has 2 heterocycles. The molecule has 33 heavy (non-hydrogen) atoms. The van der Waals surface area contributed by atoms with E-state index >= 15 is 0 Å². The Hall–Kier alpha value is -3.93. The highest BCUT2D eigenvalue weighted by Gasteiger charge is 2.55. The lowest BCUT2D eigenvalue weighted by Gasteiger charge is -2.29. The van der Waals surface area contributed by atoms with Crippen molar-refractivity contribution >= 4 is 17.7 Å². The molecule has 2 aromatic rings. The third-order valence-corrected chi connectivity index (χ3v) is 6.06. The number of benzene rings is 1. The summed E-state index contributed by atoms with van der Waals surface area (Å²) in [6.45, 7) is 0.502. The van der Waals surface area contributed by atoms with Crippen LogP contribution in [0.25, 0.3) is 0 Å². The van der Waals surface area contributed by atoms with E-state index in [0.717, 1.165) is 12.0 Å². The summed E-state index contributed by atoms with van der Waals surface area (Å²) >= 11 is 0. The van der Waals surface area contributed by atoms with E-state index in [0.29, 0.717) is 31.6 Å². The molecule has 1 saturated carbocycles. The average Bonchev–Trinajstić information content (AvgIpc) is 3.47. The summed E-state index contributed by atoms with van der Waals surface area (Å²) in [6, 6.07) is 7.86. The maximum atomic E-state index is 13.5. The van der Waals surface area contributed by atoms with Gasteiger partial charge in [0, 0.05) is 18.9 Å². The summed E-state index contributed by atoms with van der Waals surface area (Å²) in [6.07, 6.45) is 11.2. The predicted octanol–water partition coefficient (Wildman–Crippen LogP) is 1.28. The van der Waals surface area contributed by atoms with Gasteiger partial charge < -0.3 is 20.7 Å². The summed E-state index contributed by atoms with van der Waals surface area (Å²) in [5.41, 5.74) is 5.44. The van der Waals surface area contributed by atoms with Crippen molar-refractivity contribution in [3.8, 4) is 24.1 Å². The molecule has 1 aromatic heterocycles. The van der Waals surface area contributed by atoms with Crippen molar-refractivity contribution in [1.29, 1.82) is 0 Å². The van der Waals surface area contributed by atoms with Crippen LogP contribution in [0, 0.1) is 12.3 Å². The second kappa shape index (κ2) is 9.28. The van der Waals surface area contributed by atoms with Gasteiger partial charge in [-0.05, 0) is 49.4 Å². The number of nitrogens with two attached hydrogens (primary N) is 1. The van der Waals surface area contributed by atoms with Crippen LogP contribution in [0.3, 0.4) is 0 Å². The van der Waals surface area contributed by atoms with Gasteiger partial charge in [-0.1, -0.05) is 18.1 Å². The van der Waals surface area contributed by atoms with Gasteiger partial charge in [0.1, 0.15) is 11.8 Å². The number of aromatic nitrogens is 2. The Morgan fingerprint density at radius 2 is 1.94 bits per heavy atom. The van der Waals surface area contributed by atoms with Crippen LogP contribution in [-0.2, 0) is 19.8 Å². The van der Waals surface area contributed by atoms with Crippen LogP contribution in [0.15, 0.2) is 42.7 Å². The van der Waals surface area contributed by atoms with E-state index in [1.807, 2.05) is 12.1 Å². The maximum Gasteiger partial charge on any atom is 0.321 e. The van der Waals surface area contributed by atoms with E-state index in [-0.39, 0.29) is 24.2 Å². The summed E-state index contributed by atoms with van der Waals surface area (Å²) in [5, 5.41) is 2.67. The minimum atomic E-state index is -0.788. The quantitative estimate of drug-likeness (QED) is 0.587. The van der Waals surface area contributed by atoms with Crippen LogP contribution in [0.5, 0.6) is 11.8 Å². The van der Waals surface area contributed by atoms with Crippen LogP contribution in [0.2, 0.25) is 0 Å². The molecule has 2 fully saturated rings. The van der Waals surface area contributed by atoms with Gasteiger partial charge in [-0.2, -0.15) is 0 Å². The normalized spacial score (nSPS) is 19.2. The third kappa shape index (κ3) is 4.80. The minimum absolute atomic E-state index is 0.0626. The summed E-state index contributed by atoms with van der Waals surface area (Å²) in [7, 11) is 0. The molecule has 1 aliphatic heterocycles. The number of hydrogen-bond donors (Lipinski definition) is 2. The molecule has 0 spiro atoms. The van der Waals surface area contributed by atoms with Gasteiger partial charge in [0.05, 0.1) is 17.9 Å². The molecule has 9 heteroatoms. The highest BCUT2D eigenvalue weighted by atomic mass is 16.5. The molecule has 1 aliphatic carbocycles. The topological polar surface area (TPSA) is 128 Å². The first-order valence-electron chi connectivity index (χ1n) is 10.8. The Morgan fingerprint density at radius 3 is 2.55 bits per heavy atom. The molecule has 3 amide bonds. The highest BCUT2D eigenvalue weighted by Crippen LogP contribution is 2.50. The molecule has 0 unspecified atom stereocenters. The molecular weight excluding hydrogens is 422 g/mol. The number of hydrogen-bond acceptors (Lipinski definition) is 6. The summed E-state index contributed by atoms with van der Waals surface area (Å²) < 4.78 is 5.63. The number of terminal acetylenes is 1. The van der Waals surface area contributed by atoms with E-state index < -0.39 is 23.4 Å². The van der Waals surface area contributed by atoms with Crippen LogP contribution in [0.1, 0.15) is 37.7 Å². The van der Waals surface area contributed by atoms with Crippen molar-refractivity contribution < 1.29 is 19.1 Å². The lowest BCUT2D eigenvalue weighted by atomic mass is 9.93. The third-order valence-electron chi connectivity index (χ3n) is 6.06. The van der Waals surface area contributed by atoms with E-state index in [9.17, 15) is 14.4 Å². The molecule has 1 saturated heterocycles. The van der Waals surface area contributed by atoms with Gasteiger partial charge in [-0.3, -0.25) is 14.4 Å². The van der Waals surface area contributed by atoms with Gasteiger partial charge >= 0.3 is 6.01 Å². The molecule has 1 aromatic carbocycles. The number of rotatable bonds is 8. The largest absolute Gasteiger partial charge is 0.424 e. The van der Waals surface area contributed by atoms with Crippen LogP contribution in [0.4, 0.5) is 0 Å². The molecule has 2 aliphatic rings. The van der Waals surface area contributed by atoms with Crippen molar-refractivity contribution in [2.45, 2.75) is 49.6 Å². The van der Waals surface area contributed by atoms with E-state index in [2.05, 4.69) is 21.2 Å². The number of primary amides is 1. The maximum absolute atomic E-state index is 13.5. The lowest BCUT2D eigenvalue weighted by molar-refractivity contribution is -0.140. The Morgan fingerprint density at radius 1 is 1.24 bits per heavy atom. The second-order valence-electron chi connectivity index (χ2n) is 8.29. The number of nitrogens with zero attached hydrogens (tertiary/aromatic N) is 3. The zero-order valence-corrected chi connectivity index (χ0v) is 18.1. The summed E-state index contributed by atoms with van der Waals surface area (Å²) in [4.78, 5) is 47.2. The van der Waals surface area contributed by atoms with Crippen molar-refractivity contribution in [3.05, 3.63) is 48.3 Å². The fourth-order valence-corrected chi connectivity index (χ4v) is 4.21. The first-order chi connectivity index (χ1) is 15.9. The Balaban J connectivity index is 1.45. The molecule has 4 rings (SSSR count). The van der Waals surface area contributed by atoms with Gasteiger partial charge in [0.2, 0.25) is 17.7 Å². The van der Waals surface area contributed by atoms with Gasteiger partial charge in [0.15, 0.2) is 0 Å². The number of ether oxygens (including phenoxy) is 1. The molecule has 2 atom stereocenters. The molecule has 9 nitrogen and oxygen atoms in total. The van der Waals surface area contributed by atoms with E-state index in [4.69, 9.17) is 16.9 Å². The van der Waals surface area contributed by atoms with Gasteiger partial charge in [-0.25, -0.2) is 9.97 Å². The van der Waals surface area contributed by atoms with Crippen LogP contribution < -0.4 is 15.8 Å². The van der Waals surface area contributed by atoms with Crippen molar-refractivity contribution in [2.75, 3.05) is 6.54 Å². The lowest BCUT2D eigenvalue weighted by Crippen LogP contribution is -2.51. The number of carbonyl (C=O) groups is 3. The minimum Gasteiger partial charge on any atom is -0.424 e. The number of carbonyl (C=O) groups excluding carboxylic acids is 3. The Labute approximate surface area is 191 Å². The SMILES string of the molecule is C#C[C@H](CC(N)=O)NC(=O)[C@@H]1CCCN1C(=O)C1(c2ccc(Oc3ncccn3)cc2)CC1. The van der Waals surface area contributed by atoms with E-state index in [1.54, 1.807) is 35.5 Å². The molecule has 3 N–H and O–H groups in total. The van der Waals surface area contributed by atoms with Gasteiger partial charge in [0.25, 0.3) is 0 Å². The highest BCUT2D eigenvalue weighted by molar-refractivity contribution is 5.96. The number of likely N-dealkylation sites (tertiary alicyclic amines) is 1. The Kier molecular flexibility index (Phi) is 6.27. The van der Waals surface area contributed by atoms with Crippen molar-refractivity contribution in [1.82, 2.24) is 20.2 Å². The second-order valence-corrected chi connectivity index (χ2v) is 8.29. The van der Waals surface area contributed by atoms with Crippen molar-refractivity contribution in [3.63, 3.8) is 0 Å². The molecule has 170 valence electrons.